The summed E-state index contributed by atoms with van der Waals surface area (Å²) in [6, 6.07) is -4.76. The molecule has 0 aliphatic heterocycles. The van der Waals surface area contributed by atoms with Crippen LogP contribution in [0.3, 0.4) is 0 Å². The molecule has 15 nitrogen and oxygen atoms in total. The summed E-state index contributed by atoms with van der Waals surface area (Å²) in [7, 11) is 2.20. The highest BCUT2D eigenvalue weighted by Crippen LogP contribution is 2.14. The summed E-state index contributed by atoms with van der Waals surface area (Å²) < 4.78 is 51.4. The highest BCUT2D eigenvalue weighted by molar-refractivity contribution is 5.93. The summed E-state index contributed by atoms with van der Waals surface area (Å²) in [5.74, 6) is -6.04. The number of halogens is 3. The van der Waals surface area contributed by atoms with Crippen LogP contribution in [0.5, 0.6) is 0 Å². The number of carbonyl (C=O) groups is 7. The Morgan fingerprint density at radius 2 is 1.27 bits per heavy atom. The molecule has 44 heavy (non-hydrogen) atoms. The maximum absolute atomic E-state index is 13.0. The van der Waals surface area contributed by atoms with Crippen LogP contribution in [0.25, 0.3) is 0 Å². The normalized spacial score (nSPS) is 14.0. The van der Waals surface area contributed by atoms with Gasteiger partial charge in [-0.2, -0.15) is 13.2 Å². The Labute approximate surface area is 253 Å². The van der Waals surface area contributed by atoms with Gasteiger partial charge in [0.25, 0.3) is 0 Å². The molecule has 252 valence electrons. The Hall–Kier alpha value is -4.12. The Kier molecular flexibility index (Phi) is 16.8. The Morgan fingerprint density at radius 3 is 1.80 bits per heavy atom. The monoisotopic (exact) mass is 641 g/mol. The van der Waals surface area contributed by atoms with E-state index in [1.54, 1.807) is 26.1 Å². The number of unbranched alkanes of at least 4 members (excludes halogenated alkanes) is 1. The van der Waals surface area contributed by atoms with Gasteiger partial charge >= 0.3 is 30.1 Å². The maximum Gasteiger partial charge on any atom is 0.471 e. The zero-order valence-corrected chi connectivity index (χ0v) is 25.8. The van der Waals surface area contributed by atoms with Gasteiger partial charge in [-0.1, -0.05) is 0 Å². The molecule has 0 aliphatic rings. The number of nitrogens with one attached hydrogen (secondary N) is 5. The van der Waals surface area contributed by atoms with Crippen LogP contribution in [-0.4, -0.2) is 98.4 Å². The molecule has 0 fully saturated rings. The number of hydrogen-bond donors (Lipinski definition) is 5. The summed E-state index contributed by atoms with van der Waals surface area (Å²) in [4.78, 5) is 84.9. The van der Waals surface area contributed by atoms with E-state index in [9.17, 15) is 46.7 Å². The third kappa shape index (κ3) is 16.5. The quantitative estimate of drug-likeness (QED) is 0.0888. The van der Waals surface area contributed by atoms with Crippen LogP contribution in [0.4, 0.5) is 18.0 Å². The third-order valence-electron chi connectivity index (χ3n) is 5.62. The minimum absolute atomic E-state index is 0.0123. The molecular weight excluding hydrogens is 599 g/mol. The van der Waals surface area contributed by atoms with Gasteiger partial charge in [0.2, 0.25) is 17.7 Å². The summed E-state index contributed by atoms with van der Waals surface area (Å²) in [5, 5.41) is 11.2. The molecule has 0 aromatic heterocycles. The Balaban J connectivity index is 5.43. The van der Waals surface area contributed by atoms with Crippen molar-refractivity contribution in [1.82, 2.24) is 26.6 Å². The first-order valence-corrected chi connectivity index (χ1v) is 13.6. The molecule has 0 spiro atoms. The fourth-order valence-corrected chi connectivity index (χ4v) is 3.38. The smallest absolute Gasteiger partial charge is 0.467 e. The van der Waals surface area contributed by atoms with Crippen molar-refractivity contribution in [3.05, 3.63) is 0 Å². The van der Waals surface area contributed by atoms with E-state index in [0.29, 0.717) is 0 Å². The summed E-state index contributed by atoms with van der Waals surface area (Å²) >= 11 is 0. The molecule has 0 aromatic rings. The molecule has 0 unspecified atom stereocenters. The molecule has 0 heterocycles. The number of carbonyl (C=O) groups excluding carboxylic acids is 7. The van der Waals surface area contributed by atoms with Crippen LogP contribution < -0.4 is 26.6 Å². The van der Waals surface area contributed by atoms with E-state index in [1.807, 2.05) is 0 Å². The van der Waals surface area contributed by atoms with Gasteiger partial charge in [0, 0.05) is 13.0 Å². The van der Waals surface area contributed by atoms with Gasteiger partial charge in [-0.25, -0.2) is 14.4 Å². The number of amides is 5. The van der Waals surface area contributed by atoms with Crippen LogP contribution in [0.1, 0.15) is 66.7 Å². The first kappa shape index (κ1) is 39.9. The van der Waals surface area contributed by atoms with Crippen LogP contribution in [0, 0.1) is 0 Å². The summed E-state index contributed by atoms with van der Waals surface area (Å²) in [5.41, 5.74) is -0.871. The van der Waals surface area contributed by atoms with Gasteiger partial charge in [0.05, 0.1) is 14.2 Å². The van der Waals surface area contributed by atoms with Gasteiger partial charge in [-0.15, -0.1) is 0 Å². The maximum atomic E-state index is 13.0. The first-order chi connectivity index (χ1) is 20.2. The van der Waals surface area contributed by atoms with E-state index in [1.165, 1.54) is 13.8 Å². The minimum atomic E-state index is -5.06. The molecule has 0 aliphatic carbocycles. The molecule has 18 heteroatoms. The zero-order chi connectivity index (χ0) is 34.3. The second-order valence-corrected chi connectivity index (χ2v) is 10.6. The van der Waals surface area contributed by atoms with Crippen molar-refractivity contribution in [2.75, 3.05) is 20.8 Å². The van der Waals surface area contributed by atoms with Crippen molar-refractivity contribution < 1.29 is 60.9 Å². The van der Waals surface area contributed by atoms with E-state index in [-0.39, 0.29) is 38.6 Å². The van der Waals surface area contributed by atoms with Crippen molar-refractivity contribution >= 4 is 41.7 Å². The number of rotatable bonds is 16. The van der Waals surface area contributed by atoms with Crippen molar-refractivity contribution in [3.8, 4) is 0 Å². The number of methoxy groups -OCH3 is 2. The van der Waals surface area contributed by atoms with E-state index in [0.717, 1.165) is 14.2 Å². The van der Waals surface area contributed by atoms with Crippen molar-refractivity contribution in [1.29, 1.82) is 0 Å². The van der Waals surface area contributed by atoms with E-state index >= 15 is 0 Å². The molecule has 0 radical (unpaired) electrons. The molecule has 0 bridgehead atoms. The number of ether oxygens (including phenoxy) is 3. The standard InChI is InChI=1S/C26H42F3N5O10/c1-14(19(36)32-15(2)21(38)42-6)31-20(37)16(10-8-9-13-30-23(40)26(27,28)29)33-18(35)12-11-17(22(39)43-7)34-24(41)44-25(3,4)5/h14-17H,8-13H2,1-7H3,(H,30,40)(H,31,37)(H,32,36)(H,33,35)(H,34,41)/t14-,15-,16+,17-/m1/s1. The molecule has 0 saturated carbocycles. The zero-order valence-electron chi connectivity index (χ0n) is 25.8. The minimum Gasteiger partial charge on any atom is -0.467 e. The molecule has 0 aromatic carbocycles. The fraction of sp³-hybridized carbons (Fsp3) is 0.731. The average Bonchev–Trinajstić information content (AvgIpc) is 2.91. The lowest BCUT2D eigenvalue weighted by Crippen LogP contribution is -2.54. The highest BCUT2D eigenvalue weighted by Gasteiger charge is 2.38. The second-order valence-electron chi connectivity index (χ2n) is 10.6. The SMILES string of the molecule is COC(=O)[C@@H](C)NC(=O)[C@@H](C)NC(=O)[C@H](CCCCNC(=O)C(F)(F)F)NC(=O)CC[C@@H](NC(=O)OC(C)(C)C)C(=O)OC. The number of alkyl carbamates (subject to hydrolysis) is 1. The van der Waals surface area contributed by atoms with Crippen LogP contribution >= 0.6 is 0 Å². The molecule has 0 rings (SSSR count). The second kappa shape index (κ2) is 18.5. The third-order valence-corrected chi connectivity index (χ3v) is 5.62. The van der Waals surface area contributed by atoms with Crippen molar-refractivity contribution in [3.63, 3.8) is 0 Å². The first-order valence-electron chi connectivity index (χ1n) is 13.6. The molecule has 5 amide bonds. The number of alkyl halides is 3. The van der Waals surface area contributed by atoms with Crippen molar-refractivity contribution in [2.24, 2.45) is 0 Å². The largest absolute Gasteiger partial charge is 0.471 e. The van der Waals surface area contributed by atoms with Gasteiger partial charge in [-0.05, 0) is 60.3 Å². The number of esters is 2. The summed E-state index contributed by atoms with van der Waals surface area (Å²) in [6.07, 6.45) is -6.65. The average molecular weight is 642 g/mol. The predicted octanol–water partition coefficient (Wildman–Crippen LogP) is 0.349. The van der Waals surface area contributed by atoms with E-state index < -0.39 is 77.6 Å². The van der Waals surface area contributed by atoms with Crippen LogP contribution in [0.2, 0.25) is 0 Å². The van der Waals surface area contributed by atoms with Crippen LogP contribution in [0.15, 0.2) is 0 Å². The fourth-order valence-electron chi connectivity index (χ4n) is 3.38. The van der Waals surface area contributed by atoms with Gasteiger partial charge in [-0.3, -0.25) is 19.2 Å². The van der Waals surface area contributed by atoms with E-state index in [4.69, 9.17) is 4.74 Å². The van der Waals surface area contributed by atoms with Gasteiger partial charge in [0.1, 0.15) is 29.8 Å². The summed E-state index contributed by atoms with van der Waals surface area (Å²) in [6.45, 7) is 7.12. The Bertz CT molecular complexity index is 1030. The number of hydrogen-bond acceptors (Lipinski definition) is 10. The molecular formula is C26H42F3N5O10. The molecule has 0 saturated heterocycles. The van der Waals surface area contributed by atoms with Crippen LogP contribution in [-0.2, 0) is 43.0 Å². The predicted molar refractivity (Wildman–Crippen MR) is 146 cm³/mol. The lowest BCUT2D eigenvalue weighted by atomic mass is 10.1. The van der Waals surface area contributed by atoms with Gasteiger partial charge < -0.3 is 40.8 Å². The lowest BCUT2D eigenvalue weighted by Gasteiger charge is -2.23. The molecule has 5 N–H and O–H groups in total. The molecule has 4 atom stereocenters. The van der Waals surface area contributed by atoms with E-state index in [2.05, 4.69) is 30.7 Å². The topological polar surface area (TPSA) is 207 Å². The van der Waals surface area contributed by atoms with Gasteiger partial charge in [0.15, 0.2) is 0 Å². The Morgan fingerprint density at radius 1 is 0.705 bits per heavy atom. The lowest BCUT2D eigenvalue weighted by molar-refractivity contribution is -0.173. The highest BCUT2D eigenvalue weighted by atomic mass is 19.4. The van der Waals surface area contributed by atoms with Crippen molar-refractivity contribution in [2.45, 2.75) is 103 Å².